The Morgan fingerprint density at radius 2 is 0.822 bits per heavy atom. The van der Waals surface area contributed by atoms with Gasteiger partial charge in [0.05, 0.1) is 17.4 Å². The fraction of sp³-hybridized carbons (Fsp3) is 0.235. The van der Waals surface area contributed by atoms with Crippen molar-refractivity contribution in [3.8, 4) is 44.5 Å². The van der Waals surface area contributed by atoms with Crippen molar-refractivity contribution < 1.29 is 0 Å². The molecule has 18 rings (SSSR count). The third-order valence-corrected chi connectivity index (χ3v) is 24.3. The molecule has 12 aromatic carbocycles. The van der Waals surface area contributed by atoms with Crippen LogP contribution < -0.4 is 31.1 Å². The normalized spacial score (nSPS) is 17.8. The summed E-state index contributed by atoms with van der Waals surface area (Å²) in [5.41, 5.74) is 31.2. The maximum absolute atomic E-state index is 2.94. The van der Waals surface area contributed by atoms with Crippen molar-refractivity contribution >= 4 is 96.1 Å². The number of hydrogen-bond donors (Lipinski definition) is 0. The lowest BCUT2D eigenvalue weighted by molar-refractivity contribution is 0.207. The molecule has 0 saturated heterocycles. The molecule has 0 fully saturated rings. The van der Waals surface area contributed by atoms with Gasteiger partial charge in [0.25, 0.3) is 6.71 Å². The Labute approximate surface area is 635 Å². The van der Waals surface area contributed by atoms with Gasteiger partial charge in [-0.15, -0.1) is 0 Å². The van der Waals surface area contributed by atoms with Gasteiger partial charge in [-0.2, -0.15) is 0 Å². The Morgan fingerprint density at radius 3 is 1.30 bits per heavy atom. The largest absolute Gasteiger partial charge is 0.333 e. The highest BCUT2D eigenvalue weighted by Gasteiger charge is 2.49. The second kappa shape index (κ2) is 27.2. The van der Waals surface area contributed by atoms with Crippen molar-refractivity contribution in [2.24, 2.45) is 17.8 Å². The van der Waals surface area contributed by atoms with Gasteiger partial charge < -0.3 is 19.3 Å². The third-order valence-electron chi connectivity index (χ3n) is 24.3. The Hall–Kier alpha value is -10.9. The number of para-hydroxylation sites is 3. The van der Waals surface area contributed by atoms with Gasteiger partial charge in [0.1, 0.15) is 0 Å². The lowest BCUT2D eigenvalue weighted by Crippen LogP contribution is -2.61. The Morgan fingerprint density at radius 1 is 0.364 bits per heavy atom. The molecule has 0 bridgehead atoms. The molecule has 4 unspecified atom stereocenters. The van der Waals surface area contributed by atoms with Crippen LogP contribution in [-0.2, 0) is 16.2 Å². The van der Waals surface area contributed by atoms with Crippen LogP contribution in [0, 0.1) is 17.8 Å². The van der Waals surface area contributed by atoms with E-state index in [9.17, 15) is 0 Å². The van der Waals surface area contributed by atoms with Crippen LogP contribution in [0.15, 0.2) is 309 Å². The van der Waals surface area contributed by atoms with E-state index < -0.39 is 0 Å². The summed E-state index contributed by atoms with van der Waals surface area (Å²) < 4.78 is 2.94. The van der Waals surface area contributed by atoms with Crippen molar-refractivity contribution in [1.29, 1.82) is 0 Å². The second-order valence-corrected chi connectivity index (χ2v) is 34.0. The summed E-state index contributed by atoms with van der Waals surface area (Å²) in [6.07, 6.45) is 21.9. The molecular weight excluding hydrogens is 1290 g/mol. The van der Waals surface area contributed by atoms with E-state index in [-0.39, 0.29) is 29.0 Å². The summed E-state index contributed by atoms with van der Waals surface area (Å²) in [5.74, 6) is 1.55. The average molecular weight is 1390 g/mol. The first-order chi connectivity index (χ1) is 52.0. The highest BCUT2D eigenvalue weighted by atomic mass is 15.2. The average Bonchev–Trinajstić information content (AvgIpc) is 1.64. The molecule has 107 heavy (non-hydrogen) atoms. The summed E-state index contributed by atoms with van der Waals surface area (Å²) in [5, 5.41) is 2.66. The number of benzene rings is 12. The summed E-state index contributed by atoms with van der Waals surface area (Å²) in [6, 6.07) is 105. The van der Waals surface area contributed by atoms with E-state index in [4.69, 9.17) is 0 Å². The molecule has 1 aromatic heterocycles. The first kappa shape index (κ1) is 68.0. The quantitative estimate of drug-likeness (QED) is 0.0895. The van der Waals surface area contributed by atoms with Crippen LogP contribution >= 0.6 is 0 Å². The SMILES string of the molecule is CC(C)(C)c1cc(-c2ccccc2)c(N2c3cc(N(c4ccccc4)c4ccccc4)ccc3B3c4c2cc(C(C)(C)C)cc4N(c2c(-c4ccccc4)cc(C(C)(C)C)cc2-c2ccccc2)c2ccc4c(c23)c2ccccc2n4C2C(C3CC=CCC3)=CCCC2C2CC=CCC2)c(-c2ccccc2)c1. The molecule has 0 radical (unpaired) electrons. The van der Waals surface area contributed by atoms with Crippen LogP contribution in [0.5, 0.6) is 0 Å². The second-order valence-electron chi connectivity index (χ2n) is 34.0. The molecule has 5 aliphatic rings. The topological polar surface area (TPSA) is 14.7 Å². The summed E-state index contributed by atoms with van der Waals surface area (Å²) in [6.45, 7) is 21.3. The summed E-state index contributed by atoms with van der Waals surface area (Å²) in [4.78, 5) is 8.06. The highest BCUT2D eigenvalue weighted by molar-refractivity contribution is 7.02. The number of nitrogens with zero attached hydrogens (tertiary/aromatic N) is 4. The van der Waals surface area contributed by atoms with Gasteiger partial charge >= 0.3 is 0 Å². The lowest BCUT2D eigenvalue weighted by atomic mass is 9.32. The van der Waals surface area contributed by atoms with Crippen LogP contribution in [0.25, 0.3) is 66.3 Å². The molecule has 0 amide bonds. The van der Waals surface area contributed by atoms with Crippen LogP contribution in [0.2, 0.25) is 0 Å². The summed E-state index contributed by atoms with van der Waals surface area (Å²) >= 11 is 0. The van der Waals surface area contributed by atoms with E-state index in [1.807, 2.05) is 0 Å². The highest BCUT2D eigenvalue weighted by Crippen LogP contribution is 2.58. The predicted molar refractivity (Wildman–Crippen MR) is 459 cm³/mol. The van der Waals surface area contributed by atoms with Crippen molar-refractivity contribution in [2.45, 2.75) is 136 Å². The van der Waals surface area contributed by atoms with Crippen LogP contribution in [0.4, 0.5) is 51.2 Å². The first-order valence-electron chi connectivity index (χ1n) is 39.5. The van der Waals surface area contributed by atoms with Crippen LogP contribution in [-0.4, -0.2) is 11.3 Å². The molecule has 528 valence electrons. The molecule has 4 nitrogen and oxygen atoms in total. The number of allylic oxidation sites excluding steroid dienone is 6. The van der Waals surface area contributed by atoms with Gasteiger partial charge in [-0.1, -0.05) is 275 Å². The number of hydrogen-bond acceptors (Lipinski definition) is 3. The minimum Gasteiger partial charge on any atom is -0.333 e. The molecule has 3 heterocycles. The standard InChI is InChI=1S/C102H97BN4/c1-100(2,3)74-61-83(70-41-22-12-23-42-70)98(84(62-74)71-43-24-13-25-44-71)106-90-60-59-89-94(82-53-34-35-56-88(82)105(89)97-80(68-37-18-10-19-38-68)54-36-55-81(97)69-39-20-11-21-40-69)96(90)103-87-58-57-79(104(77-49-30-16-31-50-77)78-51-32-17-33-52-78)67-91(87)107(93-66-76(102(7,8)9)65-92(106)95(93)103)99-85(72-45-26-14-27-46-72)63-75(101(4,5)6)64-86(99)73-47-28-15-29-48-73/h10-18,20,22-35,41-54,56-69,81,97H,19,21,36-40,55H2,1-9H3. The molecule has 3 aliphatic carbocycles. The number of rotatable bonds is 12. The smallest absolute Gasteiger partial charge is 0.253 e. The zero-order valence-corrected chi connectivity index (χ0v) is 63.7. The van der Waals surface area contributed by atoms with Crippen LogP contribution in [0.1, 0.15) is 136 Å². The van der Waals surface area contributed by atoms with Gasteiger partial charge in [0, 0.05) is 83.9 Å². The van der Waals surface area contributed by atoms with Gasteiger partial charge in [-0.3, -0.25) is 0 Å². The molecule has 0 N–H and O–H groups in total. The van der Waals surface area contributed by atoms with Gasteiger partial charge in [-0.05, 0) is 237 Å². The molecule has 2 aliphatic heterocycles. The zero-order chi connectivity index (χ0) is 72.9. The molecule has 0 spiro atoms. The van der Waals surface area contributed by atoms with Crippen molar-refractivity contribution in [2.75, 3.05) is 14.7 Å². The number of aromatic nitrogens is 1. The maximum Gasteiger partial charge on any atom is 0.253 e. The monoisotopic (exact) mass is 1390 g/mol. The van der Waals surface area contributed by atoms with Gasteiger partial charge in [0.15, 0.2) is 0 Å². The maximum atomic E-state index is 2.94. The molecule has 0 saturated carbocycles. The van der Waals surface area contributed by atoms with Crippen molar-refractivity contribution in [1.82, 2.24) is 4.57 Å². The minimum absolute atomic E-state index is 0.184. The van der Waals surface area contributed by atoms with Crippen molar-refractivity contribution in [3.05, 3.63) is 326 Å². The van der Waals surface area contributed by atoms with Gasteiger partial charge in [-0.25, -0.2) is 0 Å². The number of anilines is 9. The zero-order valence-electron chi connectivity index (χ0n) is 63.7. The first-order valence-corrected chi connectivity index (χ1v) is 39.5. The Balaban J connectivity index is 1.05. The van der Waals surface area contributed by atoms with Crippen molar-refractivity contribution in [3.63, 3.8) is 0 Å². The van der Waals surface area contributed by atoms with E-state index in [2.05, 4.69) is 385 Å². The summed E-state index contributed by atoms with van der Waals surface area (Å²) in [7, 11) is 0. The molecular formula is C102H97BN4. The predicted octanol–water partition coefficient (Wildman–Crippen LogP) is 26.5. The lowest BCUT2D eigenvalue weighted by Gasteiger charge is -2.47. The number of fused-ring (bicyclic) bond motifs is 8. The molecule has 5 heteroatoms. The molecule has 4 atom stereocenters. The fourth-order valence-corrected chi connectivity index (χ4v) is 19.0. The van der Waals surface area contributed by atoms with Crippen LogP contribution in [0.3, 0.4) is 0 Å². The Kier molecular flexibility index (Phi) is 17.3. The third kappa shape index (κ3) is 12.0. The van der Waals surface area contributed by atoms with Gasteiger partial charge in [0.2, 0.25) is 0 Å². The van der Waals surface area contributed by atoms with E-state index in [0.29, 0.717) is 17.8 Å². The van der Waals surface area contributed by atoms with E-state index >= 15 is 0 Å². The van der Waals surface area contributed by atoms with E-state index in [0.717, 1.165) is 60.5 Å². The Bertz CT molecular complexity index is 5450. The minimum atomic E-state index is -0.319. The van der Waals surface area contributed by atoms with E-state index in [1.165, 1.54) is 141 Å². The fourth-order valence-electron chi connectivity index (χ4n) is 19.0. The van der Waals surface area contributed by atoms with E-state index in [1.54, 1.807) is 5.57 Å². The molecule has 13 aromatic rings.